The Morgan fingerprint density at radius 2 is 2.10 bits per heavy atom. The number of hydrogen-bond acceptors (Lipinski definition) is 6. The van der Waals surface area contributed by atoms with Crippen molar-refractivity contribution in [1.29, 1.82) is 0 Å². The van der Waals surface area contributed by atoms with Crippen LogP contribution in [0.1, 0.15) is 45.8 Å². The molecule has 1 unspecified atom stereocenters. The van der Waals surface area contributed by atoms with E-state index in [0.29, 0.717) is 24.3 Å². The summed E-state index contributed by atoms with van der Waals surface area (Å²) in [5, 5.41) is 10.9. The number of aromatic nitrogens is 2. The third-order valence-corrected chi connectivity index (χ3v) is 4.79. The van der Waals surface area contributed by atoms with E-state index in [4.69, 9.17) is 9.26 Å². The first-order chi connectivity index (χ1) is 13.9. The molecule has 1 saturated heterocycles. The van der Waals surface area contributed by atoms with E-state index >= 15 is 0 Å². The molecule has 166 valence electrons. The molecule has 0 radical (unpaired) electrons. The first-order valence-electron chi connectivity index (χ1n) is 10.2. The van der Waals surface area contributed by atoms with Crippen molar-refractivity contribution in [2.24, 2.45) is 4.99 Å². The molecule has 30 heavy (non-hydrogen) atoms. The van der Waals surface area contributed by atoms with Crippen LogP contribution in [0.3, 0.4) is 0 Å². The van der Waals surface area contributed by atoms with E-state index in [9.17, 15) is 0 Å². The summed E-state index contributed by atoms with van der Waals surface area (Å²) in [4.78, 5) is 11.4. The SMILES string of the molecule is CCNC(=NCc1noc(C(C)(C)C)n1)NC1CCN(c2ccccc2OC)C1.I. The molecule has 9 heteroatoms. The molecule has 1 aromatic heterocycles. The normalized spacial score (nSPS) is 16.9. The third kappa shape index (κ3) is 6.23. The van der Waals surface area contributed by atoms with Crippen molar-refractivity contribution in [1.82, 2.24) is 20.8 Å². The van der Waals surface area contributed by atoms with E-state index < -0.39 is 0 Å². The topological polar surface area (TPSA) is 87.8 Å². The van der Waals surface area contributed by atoms with Crippen molar-refractivity contribution in [2.75, 3.05) is 31.6 Å². The van der Waals surface area contributed by atoms with Crippen LogP contribution in [-0.4, -0.2) is 48.9 Å². The number of hydrogen-bond donors (Lipinski definition) is 2. The Morgan fingerprint density at radius 1 is 1.33 bits per heavy atom. The quantitative estimate of drug-likeness (QED) is 0.338. The van der Waals surface area contributed by atoms with Gasteiger partial charge in [0.25, 0.3) is 0 Å². The largest absolute Gasteiger partial charge is 0.495 e. The van der Waals surface area contributed by atoms with Gasteiger partial charge in [-0.15, -0.1) is 24.0 Å². The Kier molecular flexibility index (Phi) is 8.75. The van der Waals surface area contributed by atoms with Crippen LogP contribution in [0.15, 0.2) is 33.8 Å². The zero-order valence-corrected chi connectivity index (χ0v) is 20.8. The Hall–Kier alpha value is -2.04. The molecule has 0 aliphatic carbocycles. The van der Waals surface area contributed by atoms with E-state index in [-0.39, 0.29) is 29.4 Å². The van der Waals surface area contributed by atoms with Gasteiger partial charge in [-0.2, -0.15) is 4.98 Å². The molecule has 8 nitrogen and oxygen atoms in total. The maximum atomic E-state index is 5.51. The Balaban J connectivity index is 0.00000320. The number of aliphatic imine (C=N–C) groups is 1. The third-order valence-electron chi connectivity index (χ3n) is 4.79. The van der Waals surface area contributed by atoms with Gasteiger partial charge in [0.15, 0.2) is 11.8 Å². The lowest BCUT2D eigenvalue weighted by Gasteiger charge is -2.22. The molecular formula is C21H33IN6O2. The number of nitrogens with one attached hydrogen (secondary N) is 2. The first kappa shape index (κ1) is 24.2. The average molecular weight is 528 g/mol. The lowest BCUT2D eigenvalue weighted by Crippen LogP contribution is -2.44. The predicted molar refractivity (Wildman–Crippen MR) is 130 cm³/mol. The second kappa shape index (κ2) is 10.8. The summed E-state index contributed by atoms with van der Waals surface area (Å²) in [6, 6.07) is 8.43. The van der Waals surface area contributed by atoms with Gasteiger partial charge in [-0.3, -0.25) is 0 Å². The first-order valence-corrected chi connectivity index (χ1v) is 10.2. The van der Waals surface area contributed by atoms with Crippen LogP contribution in [0.5, 0.6) is 5.75 Å². The van der Waals surface area contributed by atoms with Gasteiger partial charge >= 0.3 is 0 Å². The fraction of sp³-hybridized carbons (Fsp3) is 0.571. The van der Waals surface area contributed by atoms with Crippen molar-refractivity contribution in [2.45, 2.75) is 52.1 Å². The molecule has 1 aliphatic rings. The van der Waals surface area contributed by atoms with Crippen LogP contribution >= 0.6 is 24.0 Å². The van der Waals surface area contributed by atoms with Gasteiger partial charge in [-0.1, -0.05) is 38.1 Å². The molecule has 0 spiro atoms. The highest BCUT2D eigenvalue weighted by atomic mass is 127. The predicted octanol–water partition coefficient (Wildman–Crippen LogP) is 3.33. The smallest absolute Gasteiger partial charge is 0.232 e. The Labute approximate surface area is 195 Å². The molecule has 2 N–H and O–H groups in total. The summed E-state index contributed by atoms with van der Waals surface area (Å²) in [6.45, 7) is 11.2. The summed E-state index contributed by atoms with van der Waals surface area (Å²) in [5.74, 6) is 2.89. The fourth-order valence-corrected chi connectivity index (χ4v) is 3.27. The van der Waals surface area contributed by atoms with Crippen molar-refractivity contribution in [3.05, 3.63) is 36.0 Å². The van der Waals surface area contributed by atoms with Gasteiger partial charge in [0.2, 0.25) is 5.89 Å². The van der Waals surface area contributed by atoms with Gasteiger partial charge in [0, 0.05) is 31.1 Å². The lowest BCUT2D eigenvalue weighted by atomic mass is 9.97. The van der Waals surface area contributed by atoms with Gasteiger partial charge in [0.05, 0.1) is 12.8 Å². The van der Waals surface area contributed by atoms with Gasteiger partial charge in [-0.05, 0) is 25.5 Å². The van der Waals surface area contributed by atoms with Gasteiger partial charge in [-0.25, -0.2) is 4.99 Å². The number of methoxy groups -OCH3 is 1. The van der Waals surface area contributed by atoms with Crippen LogP contribution in [0.4, 0.5) is 5.69 Å². The maximum absolute atomic E-state index is 5.51. The van der Waals surface area contributed by atoms with Crippen LogP contribution in [0.2, 0.25) is 0 Å². The molecule has 1 aromatic carbocycles. The average Bonchev–Trinajstić information content (AvgIpc) is 3.35. The number of anilines is 1. The van der Waals surface area contributed by atoms with Crippen LogP contribution in [0, 0.1) is 0 Å². The number of rotatable bonds is 6. The molecule has 2 aromatic rings. The van der Waals surface area contributed by atoms with Gasteiger partial charge < -0.3 is 24.8 Å². The Morgan fingerprint density at radius 3 is 2.77 bits per heavy atom. The minimum atomic E-state index is -0.163. The van der Waals surface area contributed by atoms with Crippen LogP contribution in [0.25, 0.3) is 0 Å². The van der Waals surface area contributed by atoms with Crippen LogP contribution < -0.4 is 20.3 Å². The number of halogens is 1. The van der Waals surface area contributed by atoms with Crippen molar-refractivity contribution < 1.29 is 9.26 Å². The van der Waals surface area contributed by atoms with Crippen molar-refractivity contribution >= 4 is 35.6 Å². The molecule has 2 heterocycles. The minimum Gasteiger partial charge on any atom is -0.495 e. The van der Waals surface area contributed by atoms with E-state index in [2.05, 4.69) is 43.7 Å². The Bertz CT molecular complexity index is 833. The molecule has 3 rings (SSSR count). The highest BCUT2D eigenvalue weighted by Crippen LogP contribution is 2.30. The molecule has 0 saturated carbocycles. The standard InChI is InChI=1S/C21H32N6O2.HI/c1-6-22-20(23-13-18-25-19(29-26-18)21(2,3)4)24-15-11-12-27(14-15)16-9-7-8-10-17(16)28-5;/h7-10,15H,6,11-14H2,1-5H3,(H2,22,23,24);1H. The van der Waals surface area contributed by atoms with Crippen LogP contribution in [-0.2, 0) is 12.0 Å². The molecule has 0 bridgehead atoms. The lowest BCUT2D eigenvalue weighted by molar-refractivity contribution is 0.318. The molecular weight excluding hydrogens is 495 g/mol. The van der Waals surface area contributed by atoms with E-state index in [0.717, 1.165) is 43.5 Å². The highest BCUT2D eigenvalue weighted by Gasteiger charge is 2.25. The van der Waals surface area contributed by atoms with Gasteiger partial charge in [0.1, 0.15) is 12.3 Å². The second-order valence-electron chi connectivity index (χ2n) is 8.21. The zero-order chi connectivity index (χ0) is 20.9. The van der Waals surface area contributed by atoms with Crippen molar-refractivity contribution in [3.63, 3.8) is 0 Å². The van der Waals surface area contributed by atoms with E-state index in [1.165, 1.54) is 0 Å². The van der Waals surface area contributed by atoms with E-state index in [1.54, 1.807) is 7.11 Å². The summed E-state index contributed by atoms with van der Waals surface area (Å²) >= 11 is 0. The monoisotopic (exact) mass is 528 g/mol. The van der Waals surface area contributed by atoms with Crippen molar-refractivity contribution in [3.8, 4) is 5.75 Å². The number of nitrogens with zero attached hydrogens (tertiary/aromatic N) is 4. The zero-order valence-electron chi connectivity index (χ0n) is 18.4. The summed E-state index contributed by atoms with van der Waals surface area (Å²) in [5.41, 5.74) is 0.964. The maximum Gasteiger partial charge on any atom is 0.232 e. The number of ether oxygens (including phenoxy) is 1. The summed E-state index contributed by atoms with van der Waals surface area (Å²) < 4.78 is 10.9. The van der Waals surface area contributed by atoms with E-state index in [1.807, 2.05) is 39.0 Å². The highest BCUT2D eigenvalue weighted by molar-refractivity contribution is 14.0. The number of para-hydroxylation sites is 2. The molecule has 0 amide bonds. The molecule has 1 fully saturated rings. The molecule has 1 aliphatic heterocycles. The summed E-state index contributed by atoms with van der Waals surface area (Å²) in [7, 11) is 1.71. The summed E-state index contributed by atoms with van der Waals surface area (Å²) in [6.07, 6.45) is 1.03. The second-order valence-corrected chi connectivity index (χ2v) is 8.21. The fourth-order valence-electron chi connectivity index (χ4n) is 3.27. The minimum absolute atomic E-state index is 0. The molecule has 1 atom stereocenters. The number of guanidine groups is 1. The number of benzene rings is 1.